The van der Waals surface area contributed by atoms with E-state index >= 15 is 0 Å². The fourth-order valence-corrected chi connectivity index (χ4v) is 2.25. The van der Waals surface area contributed by atoms with Crippen molar-refractivity contribution in [3.8, 4) is 17.2 Å². The van der Waals surface area contributed by atoms with Crippen LogP contribution < -0.4 is 9.47 Å². The zero-order valence-electron chi connectivity index (χ0n) is 11.3. The van der Waals surface area contributed by atoms with Gasteiger partial charge in [0, 0.05) is 0 Å². The summed E-state index contributed by atoms with van der Waals surface area (Å²) >= 11 is 2.93. The molecular formula is C15H12BrFO4. The number of carboxylic acid groups (broad SMARTS) is 1. The second-order valence-electron chi connectivity index (χ2n) is 4.30. The molecule has 0 aliphatic heterocycles. The molecule has 0 fully saturated rings. The number of hydrogen-bond donors (Lipinski definition) is 1. The minimum atomic E-state index is -1.22. The fourth-order valence-electron chi connectivity index (χ4n) is 1.75. The molecule has 6 heteroatoms. The van der Waals surface area contributed by atoms with Crippen molar-refractivity contribution in [3.05, 3.63) is 51.7 Å². The Labute approximate surface area is 129 Å². The van der Waals surface area contributed by atoms with Gasteiger partial charge in [0.05, 0.1) is 17.1 Å². The molecule has 2 aromatic carbocycles. The topological polar surface area (TPSA) is 55.8 Å². The largest absolute Gasteiger partial charge is 0.493 e. The number of carbonyl (C=O) groups is 1. The van der Waals surface area contributed by atoms with Gasteiger partial charge in [0.15, 0.2) is 23.1 Å². The number of rotatable bonds is 4. The number of carboxylic acids is 1. The summed E-state index contributed by atoms with van der Waals surface area (Å²) in [6, 6.07) is 7.76. The minimum absolute atomic E-state index is 0.0889. The molecule has 0 amide bonds. The smallest absolute Gasteiger partial charge is 0.336 e. The highest BCUT2D eigenvalue weighted by Crippen LogP contribution is 2.36. The van der Waals surface area contributed by atoms with Crippen LogP contribution in [0.15, 0.2) is 34.8 Å². The van der Waals surface area contributed by atoms with Gasteiger partial charge in [-0.25, -0.2) is 9.18 Å². The number of hydrogen-bond acceptors (Lipinski definition) is 3. The van der Waals surface area contributed by atoms with E-state index in [1.807, 2.05) is 6.92 Å². The van der Waals surface area contributed by atoms with Gasteiger partial charge in [-0.3, -0.25) is 0 Å². The monoisotopic (exact) mass is 354 g/mol. The summed E-state index contributed by atoms with van der Waals surface area (Å²) in [5.74, 6) is -1.28. The molecule has 0 atom stereocenters. The standard InChI is InChI=1S/C15H12BrFO4/c1-8-3-5-10(12(7-8)20-2)21-11-6-4-9(15(18)19)13(16)14(11)17/h3-7H,1-2H3,(H,18,19). The number of aromatic carboxylic acids is 1. The van der Waals surface area contributed by atoms with E-state index in [9.17, 15) is 9.18 Å². The van der Waals surface area contributed by atoms with Crippen LogP contribution in [-0.2, 0) is 0 Å². The van der Waals surface area contributed by atoms with E-state index < -0.39 is 11.8 Å². The summed E-state index contributed by atoms with van der Waals surface area (Å²) in [6.45, 7) is 1.89. The number of ether oxygens (including phenoxy) is 2. The maximum Gasteiger partial charge on any atom is 0.336 e. The zero-order chi connectivity index (χ0) is 15.6. The van der Waals surface area contributed by atoms with E-state index in [1.165, 1.54) is 19.2 Å². The van der Waals surface area contributed by atoms with E-state index in [-0.39, 0.29) is 15.8 Å². The molecule has 0 saturated heterocycles. The van der Waals surface area contributed by atoms with Gasteiger partial charge in [-0.1, -0.05) is 6.07 Å². The average molecular weight is 355 g/mol. The minimum Gasteiger partial charge on any atom is -0.493 e. The lowest BCUT2D eigenvalue weighted by molar-refractivity contribution is 0.0695. The normalized spacial score (nSPS) is 10.3. The SMILES string of the molecule is COc1cc(C)ccc1Oc1ccc(C(=O)O)c(Br)c1F. The zero-order valence-corrected chi connectivity index (χ0v) is 12.9. The summed E-state index contributed by atoms with van der Waals surface area (Å²) in [6.07, 6.45) is 0. The lowest BCUT2D eigenvalue weighted by atomic mass is 10.2. The van der Waals surface area contributed by atoms with Crippen LogP contribution in [0.25, 0.3) is 0 Å². The molecule has 0 unspecified atom stereocenters. The molecule has 0 radical (unpaired) electrons. The Hall–Kier alpha value is -2.08. The highest BCUT2D eigenvalue weighted by Gasteiger charge is 2.18. The molecule has 0 spiro atoms. The molecule has 2 rings (SSSR count). The summed E-state index contributed by atoms with van der Waals surface area (Å²) in [4.78, 5) is 10.9. The van der Waals surface area contributed by atoms with Crippen molar-refractivity contribution in [1.82, 2.24) is 0 Å². The number of benzene rings is 2. The highest BCUT2D eigenvalue weighted by molar-refractivity contribution is 9.10. The van der Waals surface area contributed by atoms with Crippen molar-refractivity contribution < 1.29 is 23.8 Å². The van der Waals surface area contributed by atoms with E-state index in [1.54, 1.807) is 18.2 Å². The first-order valence-corrected chi connectivity index (χ1v) is 6.77. The Bertz CT molecular complexity index is 700. The fraction of sp³-hybridized carbons (Fsp3) is 0.133. The Balaban J connectivity index is 2.41. The first-order chi connectivity index (χ1) is 9.93. The van der Waals surface area contributed by atoms with Crippen LogP contribution in [0.2, 0.25) is 0 Å². The van der Waals surface area contributed by atoms with Crippen LogP contribution in [0.5, 0.6) is 17.2 Å². The number of halogens is 2. The third kappa shape index (κ3) is 3.16. The van der Waals surface area contributed by atoms with Gasteiger partial charge in [-0.15, -0.1) is 0 Å². The Morgan fingerprint density at radius 2 is 1.86 bits per heavy atom. The van der Waals surface area contributed by atoms with E-state index in [2.05, 4.69) is 15.9 Å². The van der Waals surface area contributed by atoms with Gasteiger partial charge in [-0.2, -0.15) is 0 Å². The van der Waals surface area contributed by atoms with Gasteiger partial charge in [0.2, 0.25) is 0 Å². The summed E-state index contributed by atoms with van der Waals surface area (Å²) in [7, 11) is 1.49. The molecule has 2 aromatic rings. The van der Waals surface area contributed by atoms with Gasteiger partial charge in [-0.05, 0) is 52.7 Å². The van der Waals surface area contributed by atoms with Gasteiger partial charge in [0.1, 0.15) is 0 Å². The van der Waals surface area contributed by atoms with Crippen LogP contribution in [0, 0.1) is 12.7 Å². The van der Waals surface area contributed by atoms with E-state index in [4.69, 9.17) is 14.6 Å². The molecule has 0 saturated carbocycles. The van der Waals surface area contributed by atoms with Crippen molar-refractivity contribution in [2.75, 3.05) is 7.11 Å². The Morgan fingerprint density at radius 3 is 2.48 bits per heavy atom. The van der Waals surface area contributed by atoms with Gasteiger partial charge >= 0.3 is 5.97 Å². The molecule has 4 nitrogen and oxygen atoms in total. The second-order valence-corrected chi connectivity index (χ2v) is 5.09. The van der Waals surface area contributed by atoms with Crippen LogP contribution in [0.4, 0.5) is 4.39 Å². The Kier molecular flexibility index (Phi) is 4.47. The quantitative estimate of drug-likeness (QED) is 0.884. The molecule has 0 heterocycles. The molecule has 110 valence electrons. The van der Waals surface area contributed by atoms with Crippen LogP contribution in [0.1, 0.15) is 15.9 Å². The maximum atomic E-state index is 14.1. The van der Waals surface area contributed by atoms with E-state index in [0.717, 1.165) is 5.56 Å². The number of aryl methyl sites for hydroxylation is 1. The summed E-state index contributed by atoms with van der Waals surface area (Å²) < 4.78 is 24.6. The number of methoxy groups -OCH3 is 1. The maximum absolute atomic E-state index is 14.1. The van der Waals surface area contributed by atoms with Crippen molar-refractivity contribution in [1.29, 1.82) is 0 Å². The van der Waals surface area contributed by atoms with Crippen molar-refractivity contribution >= 4 is 21.9 Å². The highest BCUT2D eigenvalue weighted by atomic mass is 79.9. The molecule has 0 aromatic heterocycles. The molecule has 0 aliphatic rings. The Morgan fingerprint density at radius 1 is 1.19 bits per heavy atom. The van der Waals surface area contributed by atoms with Crippen molar-refractivity contribution in [3.63, 3.8) is 0 Å². The predicted molar refractivity (Wildman–Crippen MR) is 78.9 cm³/mol. The van der Waals surface area contributed by atoms with Crippen LogP contribution >= 0.6 is 15.9 Å². The third-order valence-electron chi connectivity index (χ3n) is 2.82. The van der Waals surface area contributed by atoms with Crippen molar-refractivity contribution in [2.45, 2.75) is 6.92 Å². The average Bonchev–Trinajstić information content (AvgIpc) is 2.45. The first kappa shape index (κ1) is 15.3. The lowest BCUT2D eigenvalue weighted by Crippen LogP contribution is -2.01. The molecule has 0 aliphatic carbocycles. The van der Waals surface area contributed by atoms with Crippen LogP contribution in [0.3, 0.4) is 0 Å². The van der Waals surface area contributed by atoms with Crippen molar-refractivity contribution in [2.24, 2.45) is 0 Å². The van der Waals surface area contributed by atoms with Gasteiger partial charge in [0.25, 0.3) is 0 Å². The van der Waals surface area contributed by atoms with Gasteiger partial charge < -0.3 is 14.6 Å². The molecule has 1 N–H and O–H groups in total. The summed E-state index contributed by atoms with van der Waals surface area (Å²) in [5, 5.41) is 8.93. The molecule has 0 bridgehead atoms. The predicted octanol–water partition coefficient (Wildman–Crippen LogP) is 4.40. The summed E-state index contributed by atoms with van der Waals surface area (Å²) in [5.41, 5.74) is 0.804. The first-order valence-electron chi connectivity index (χ1n) is 5.98. The molecular weight excluding hydrogens is 343 g/mol. The van der Waals surface area contributed by atoms with E-state index in [0.29, 0.717) is 11.5 Å². The third-order valence-corrected chi connectivity index (χ3v) is 3.59. The van der Waals surface area contributed by atoms with Crippen LogP contribution in [-0.4, -0.2) is 18.2 Å². The molecule has 21 heavy (non-hydrogen) atoms. The lowest BCUT2D eigenvalue weighted by Gasteiger charge is -2.12. The second kappa shape index (κ2) is 6.13.